The fourth-order valence-electron chi connectivity index (χ4n) is 3.03. The van der Waals surface area contributed by atoms with Crippen molar-refractivity contribution in [2.75, 3.05) is 32.7 Å². The molecule has 0 bridgehead atoms. The zero-order valence-electron chi connectivity index (χ0n) is 13.7. The Morgan fingerprint density at radius 3 is 2.26 bits per heavy atom. The molecular weight excluding hydrogens is 284 g/mol. The summed E-state index contributed by atoms with van der Waals surface area (Å²) in [5.41, 5.74) is 1.34. The lowest BCUT2D eigenvalue weighted by atomic mass is 10.0. The van der Waals surface area contributed by atoms with Crippen LogP contribution in [0.2, 0.25) is 0 Å². The first kappa shape index (κ1) is 16.0. The molecule has 1 fully saturated rings. The van der Waals surface area contributed by atoms with Crippen LogP contribution < -0.4 is 10.1 Å². The summed E-state index contributed by atoms with van der Waals surface area (Å²) in [6, 6.07) is 20.8. The summed E-state index contributed by atoms with van der Waals surface area (Å²) in [5.74, 6) is 0.966. The van der Waals surface area contributed by atoms with E-state index in [4.69, 9.17) is 4.74 Å². The van der Waals surface area contributed by atoms with Crippen molar-refractivity contribution in [1.82, 2.24) is 10.2 Å². The highest BCUT2D eigenvalue weighted by Gasteiger charge is 2.15. The molecule has 0 radical (unpaired) electrons. The molecule has 1 heterocycles. The van der Waals surface area contributed by atoms with Crippen LogP contribution in [0.5, 0.6) is 5.75 Å². The van der Waals surface area contributed by atoms with Crippen molar-refractivity contribution in [2.24, 2.45) is 0 Å². The van der Waals surface area contributed by atoms with Gasteiger partial charge in [-0.15, -0.1) is 0 Å². The third-order valence-electron chi connectivity index (χ3n) is 4.33. The van der Waals surface area contributed by atoms with Crippen LogP contribution in [-0.2, 0) is 6.42 Å². The van der Waals surface area contributed by atoms with Gasteiger partial charge in [0, 0.05) is 39.1 Å². The molecule has 0 spiro atoms. The SMILES string of the molecule is c1ccc(CC(CCN2CCNCC2)Oc2ccccc2)cc1. The molecule has 3 nitrogen and oxygen atoms in total. The zero-order valence-corrected chi connectivity index (χ0v) is 13.7. The minimum atomic E-state index is 0.217. The Bertz CT molecular complexity index is 511. The van der Waals surface area contributed by atoms with Crippen molar-refractivity contribution in [3.8, 4) is 5.75 Å². The van der Waals surface area contributed by atoms with Crippen LogP contribution in [0.3, 0.4) is 0 Å². The fraction of sp³-hybridized carbons (Fsp3) is 0.400. The minimum Gasteiger partial charge on any atom is -0.490 e. The van der Waals surface area contributed by atoms with Crippen LogP contribution in [0.25, 0.3) is 0 Å². The second-order valence-corrected chi connectivity index (χ2v) is 6.12. The number of benzene rings is 2. The smallest absolute Gasteiger partial charge is 0.119 e. The van der Waals surface area contributed by atoms with Gasteiger partial charge in [-0.1, -0.05) is 48.5 Å². The zero-order chi connectivity index (χ0) is 15.7. The summed E-state index contributed by atoms with van der Waals surface area (Å²) in [7, 11) is 0. The molecule has 1 aliphatic rings. The summed E-state index contributed by atoms with van der Waals surface area (Å²) in [6.45, 7) is 5.59. The topological polar surface area (TPSA) is 24.5 Å². The summed E-state index contributed by atoms with van der Waals surface area (Å²) in [6.07, 6.45) is 2.24. The van der Waals surface area contributed by atoms with E-state index >= 15 is 0 Å². The van der Waals surface area contributed by atoms with E-state index in [0.717, 1.165) is 51.3 Å². The van der Waals surface area contributed by atoms with Crippen LogP contribution in [0.1, 0.15) is 12.0 Å². The average Bonchev–Trinajstić information content (AvgIpc) is 2.62. The molecule has 0 aliphatic carbocycles. The minimum absolute atomic E-state index is 0.217. The molecule has 0 amide bonds. The molecule has 1 saturated heterocycles. The lowest BCUT2D eigenvalue weighted by Gasteiger charge is -2.29. The second-order valence-electron chi connectivity index (χ2n) is 6.12. The number of nitrogens with one attached hydrogen (secondary N) is 1. The predicted octanol–water partition coefficient (Wildman–Crippen LogP) is 2.97. The number of hydrogen-bond donors (Lipinski definition) is 1. The number of ether oxygens (including phenoxy) is 1. The average molecular weight is 310 g/mol. The van der Waals surface area contributed by atoms with Gasteiger partial charge in [-0.05, 0) is 24.1 Å². The van der Waals surface area contributed by atoms with E-state index in [1.807, 2.05) is 30.3 Å². The van der Waals surface area contributed by atoms with Crippen LogP contribution in [0.4, 0.5) is 0 Å². The number of para-hydroxylation sites is 1. The van der Waals surface area contributed by atoms with Crippen molar-refractivity contribution in [2.45, 2.75) is 18.9 Å². The van der Waals surface area contributed by atoms with Gasteiger partial charge >= 0.3 is 0 Å². The van der Waals surface area contributed by atoms with E-state index in [1.165, 1.54) is 5.56 Å². The van der Waals surface area contributed by atoms with Gasteiger partial charge in [0.15, 0.2) is 0 Å². The van der Waals surface area contributed by atoms with E-state index < -0.39 is 0 Å². The summed E-state index contributed by atoms with van der Waals surface area (Å²) >= 11 is 0. The van der Waals surface area contributed by atoms with Gasteiger partial charge in [0.05, 0.1) is 0 Å². The molecule has 1 unspecified atom stereocenters. The van der Waals surface area contributed by atoms with E-state index in [9.17, 15) is 0 Å². The van der Waals surface area contributed by atoms with E-state index in [0.29, 0.717) is 0 Å². The lowest BCUT2D eigenvalue weighted by Crippen LogP contribution is -2.44. The summed E-state index contributed by atoms with van der Waals surface area (Å²) in [5, 5.41) is 3.41. The Labute approximate surface area is 139 Å². The van der Waals surface area contributed by atoms with Crippen LogP contribution in [0.15, 0.2) is 60.7 Å². The first-order valence-electron chi connectivity index (χ1n) is 8.59. The van der Waals surface area contributed by atoms with Gasteiger partial charge in [0.1, 0.15) is 11.9 Å². The molecule has 2 aromatic carbocycles. The molecule has 1 N–H and O–H groups in total. The van der Waals surface area contributed by atoms with Crippen molar-refractivity contribution in [3.05, 3.63) is 66.2 Å². The fourth-order valence-corrected chi connectivity index (χ4v) is 3.03. The van der Waals surface area contributed by atoms with Crippen molar-refractivity contribution in [3.63, 3.8) is 0 Å². The molecule has 1 aliphatic heterocycles. The van der Waals surface area contributed by atoms with Crippen molar-refractivity contribution >= 4 is 0 Å². The highest BCUT2D eigenvalue weighted by atomic mass is 16.5. The lowest BCUT2D eigenvalue weighted by molar-refractivity contribution is 0.155. The maximum Gasteiger partial charge on any atom is 0.119 e. The van der Waals surface area contributed by atoms with Gasteiger partial charge in [-0.25, -0.2) is 0 Å². The Morgan fingerprint density at radius 2 is 1.57 bits per heavy atom. The quantitative estimate of drug-likeness (QED) is 0.851. The third kappa shape index (κ3) is 5.38. The van der Waals surface area contributed by atoms with E-state index in [-0.39, 0.29) is 6.10 Å². The van der Waals surface area contributed by atoms with Gasteiger partial charge < -0.3 is 15.0 Å². The van der Waals surface area contributed by atoms with Crippen molar-refractivity contribution in [1.29, 1.82) is 0 Å². The molecule has 0 saturated carbocycles. The maximum atomic E-state index is 6.27. The Hall–Kier alpha value is -1.84. The molecule has 3 heteroatoms. The Balaban J connectivity index is 1.60. The van der Waals surface area contributed by atoms with Gasteiger partial charge in [0.2, 0.25) is 0 Å². The molecule has 0 aromatic heterocycles. The van der Waals surface area contributed by atoms with Crippen LogP contribution >= 0.6 is 0 Å². The van der Waals surface area contributed by atoms with Gasteiger partial charge in [-0.2, -0.15) is 0 Å². The number of hydrogen-bond acceptors (Lipinski definition) is 3. The molecule has 1 atom stereocenters. The number of rotatable bonds is 7. The largest absolute Gasteiger partial charge is 0.490 e. The number of piperazine rings is 1. The normalized spacial score (nSPS) is 16.9. The molecule has 3 rings (SSSR count). The predicted molar refractivity (Wildman–Crippen MR) is 94.9 cm³/mol. The first-order valence-corrected chi connectivity index (χ1v) is 8.59. The van der Waals surface area contributed by atoms with Crippen molar-refractivity contribution < 1.29 is 4.74 Å². The summed E-state index contributed by atoms with van der Waals surface area (Å²) < 4.78 is 6.27. The molecule has 23 heavy (non-hydrogen) atoms. The van der Waals surface area contributed by atoms with Gasteiger partial charge in [0.25, 0.3) is 0 Å². The van der Waals surface area contributed by atoms with Crippen LogP contribution in [-0.4, -0.2) is 43.7 Å². The first-order chi connectivity index (χ1) is 11.4. The molecule has 2 aromatic rings. The Morgan fingerprint density at radius 1 is 0.913 bits per heavy atom. The summed E-state index contributed by atoms with van der Waals surface area (Å²) in [4.78, 5) is 2.53. The molecular formula is C20H26N2O. The van der Waals surface area contributed by atoms with E-state index in [2.05, 4.69) is 40.5 Å². The standard InChI is InChI=1S/C20H26N2O/c1-3-7-18(8-4-1)17-20(23-19-9-5-2-6-10-19)11-14-22-15-12-21-13-16-22/h1-10,20-21H,11-17H2. The molecule has 122 valence electrons. The highest BCUT2D eigenvalue weighted by molar-refractivity contribution is 5.22. The third-order valence-corrected chi connectivity index (χ3v) is 4.33. The van der Waals surface area contributed by atoms with Gasteiger partial charge in [-0.3, -0.25) is 0 Å². The second kappa shape index (κ2) is 8.70. The maximum absolute atomic E-state index is 6.27. The Kier molecular flexibility index (Phi) is 6.07. The van der Waals surface area contributed by atoms with Crippen LogP contribution in [0, 0.1) is 0 Å². The van der Waals surface area contributed by atoms with E-state index in [1.54, 1.807) is 0 Å². The highest BCUT2D eigenvalue weighted by Crippen LogP contribution is 2.16. The number of nitrogens with zero attached hydrogens (tertiary/aromatic N) is 1. The monoisotopic (exact) mass is 310 g/mol.